The van der Waals surface area contributed by atoms with Gasteiger partial charge < -0.3 is 10.6 Å². The zero-order valence-electron chi connectivity index (χ0n) is 15.2. The van der Waals surface area contributed by atoms with Gasteiger partial charge in [0.25, 0.3) is 5.91 Å². The maximum Gasteiger partial charge on any atom is 0.270 e. The molecule has 4 rings (SSSR count). The first-order valence-electron chi connectivity index (χ1n) is 8.83. The highest BCUT2D eigenvalue weighted by Gasteiger charge is 2.31. The summed E-state index contributed by atoms with van der Waals surface area (Å²) in [6, 6.07) is 5.62. The molecule has 0 bridgehead atoms. The summed E-state index contributed by atoms with van der Waals surface area (Å²) in [6.07, 6.45) is 10.2. The van der Waals surface area contributed by atoms with Crippen LogP contribution in [0.1, 0.15) is 34.6 Å². The molecule has 140 valence electrons. The van der Waals surface area contributed by atoms with Crippen LogP contribution in [0.2, 0.25) is 0 Å². The number of carbonyl (C=O) groups excluding carboxylic acids is 1. The SMILES string of the molecule is C#Cc1ccc(C(=O)NC2CC(Nc3cc(C)ncc3-c3nn[nH]n3)C2)nc1. The van der Waals surface area contributed by atoms with Crippen molar-refractivity contribution in [3.63, 3.8) is 0 Å². The summed E-state index contributed by atoms with van der Waals surface area (Å²) in [5.41, 5.74) is 3.58. The number of aromatic nitrogens is 6. The topological polar surface area (TPSA) is 121 Å². The second-order valence-corrected chi connectivity index (χ2v) is 6.67. The predicted molar refractivity (Wildman–Crippen MR) is 102 cm³/mol. The number of hydrogen-bond acceptors (Lipinski definition) is 7. The maximum atomic E-state index is 12.3. The monoisotopic (exact) mass is 374 g/mol. The molecule has 3 aromatic heterocycles. The first-order chi connectivity index (χ1) is 13.6. The minimum atomic E-state index is -0.195. The van der Waals surface area contributed by atoms with Crippen molar-refractivity contribution in [1.29, 1.82) is 0 Å². The molecule has 0 unspecified atom stereocenters. The van der Waals surface area contributed by atoms with Gasteiger partial charge in [-0.15, -0.1) is 16.6 Å². The van der Waals surface area contributed by atoms with E-state index >= 15 is 0 Å². The molecule has 0 spiro atoms. The Labute approximate surface area is 161 Å². The average Bonchev–Trinajstić information content (AvgIpc) is 3.21. The Morgan fingerprint density at radius 3 is 2.79 bits per heavy atom. The highest BCUT2D eigenvalue weighted by atomic mass is 16.1. The van der Waals surface area contributed by atoms with Gasteiger partial charge in [-0.2, -0.15) is 5.21 Å². The quantitative estimate of drug-likeness (QED) is 0.576. The van der Waals surface area contributed by atoms with E-state index in [1.165, 1.54) is 6.20 Å². The number of anilines is 1. The van der Waals surface area contributed by atoms with Crippen LogP contribution in [0.25, 0.3) is 11.4 Å². The highest BCUT2D eigenvalue weighted by Crippen LogP contribution is 2.30. The van der Waals surface area contributed by atoms with Crippen molar-refractivity contribution in [3.8, 4) is 23.7 Å². The highest BCUT2D eigenvalue weighted by molar-refractivity contribution is 5.92. The molecule has 1 fully saturated rings. The number of pyridine rings is 2. The lowest BCUT2D eigenvalue weighted by atomic mass is 9.86. The number of aryl methyl sites for hydroxylation is 1. The Hall–Kier alpha value is -3.80. The van der Waals surface area contributed by atoms with Gasteiger partial charge in [0.1, 0.15) is 5.69 Å². The molecule has 9 nitrogen and oxygen atoms in total. The number of carbonyl (C=O) groups is 1. The van der Waals surface area contributed by atoms with Crippen LogP contribution >= 0.6 is 0 Å². The number of aromatic amines is 1. The van der Waals surface area contributed by atoms with Crippen LogP contribution in [-0.2, 0) is 0 Å². The molecule has 3 N–H and O–H groups in total. The van der Waals surface area contributed by atoms with E-state index in [1.807, 2.05) is 13.0 Å². The van der Waals surface area contributed by atoms with Crippen molar-refractivity contribution < 1.29 is 4.79 Å². The number of terminal acetylenes is 1. The third kappa shape index (κ3) is 3.66. The molecule has 9 heteroatoms. The molecule has 0 atom stereocenters. The average molecular weight is 374 g/mol. The van der Waals surface area contributed by atoms with Crippen molar-refractivity contribution >= 4 is 11.6 Å². The number of tetrazole rings is 1. The summed E-state index contributed by atoms with van der Waals surface area (Å²) < 4.78 is 0. The van der Waals surface area contributed by atoms with Gasteiger partial charge in [0.05, 0.1) is 5.56 Å². The van der Waals surface area contributed by atoms with Gasteiger partial charge in [0.15, 0.2) is 0 Å². The Kier molecular flexibility index (Phi) is 4.68. The van der Waals surface area contributed by atoms with Gasteiger partial charge in [-0.05, 0) is 43.2 Å². The first-order valence-corrected chi connectivity index (χ1v) is 8.83. The summed E-state index contributed by atoms with van der Waals surface area (Å²) in [5.74, 6) is 2.77. The first kappa shape index (κ1) is 17.6. The lowest BCUT2D eigenvalue weighted by Crippen LogP contribution is -2.49. The Balaban J connectivity index is 1.35. The van der Waals surface area contributed by atoms with E-state index in [4.69, 9.17) is 6.42 Å². The minimum absolute atomic E-state index is 0.0932. The fourth-order valence-corrected chi connectivity index (χ4v) is 3.08. The molecule has 1 aliphatic carbocycles. The molecule has 0 radical (unpaired) electrons. The van der Waals surface area contributed by atoms with E-state index in [1.54, 1.807) is 18.3 Å². The van der Waals surface area contributed by atoms with Crippen LogP contribution < -0.4 is 10.6 Å². The Morgan fingerprint density at radius 2 is 2.11 bits per heavy atom. The van der Waals surface area contributed by atoms with Gasteiger partial charge in [-0.25, -0.2) is 4.98 Å². The third-order valence-electron chi connectivity index (χ3n) is 4.62. The largest absolute Gasteiger partial charge is 0.381 e. The maximum absolute atomic E-state index is 12.3. The molecule has 3 aromatic rings. The molecule has 0 aliphatic heterocycles. The standard InChI is InChI=1S/C19H18N8O/c1-3-12-4-5-16(21-9-12)19(28)23-14-7-13(8-14)22-17-6-11(2)20-10-15(17)18-24-26-27-25-18/h1,4-6,9-10,13-14H,7-8H2,2H3,(H,20,22)(H,23,28)(H,24,25,26,27). The molecule has 28 heavy (non-hydrogen) atoms. The fourth-order valence-electron chi connectivity index (χ4n) is 3.08. The summed E-state index contributed by atoms with van der Waals surface area (Å²) in [6.45, 7) is 1.92. The van der Waals surface area contributed by atoms with Gasteiger partial charge >= 0.3 is 0 Å². The summed E-state index contributed by atoms with van der Waals surface area (Å²) in [5, 5.41) is 20.6. The van der Waals surface area contributed by atoms with Crippen LogP contribution in [-0.4, -0.2) is 48.6 Å². The normalized spacial score (nSPS) is 18.0. The number of nitrogens with zero attached hydrogens (tertiary/aromatic N) is 5. The molecule has 1 saturated carbocycles. The number of H-pyrrole nitrogens is 1. The lowest BCUT2D eigenvalue weighted by Gasteiger charge is -2.37. The van der Waals surface area contributed by atoms with Gasteiger partial charge in [0, 0.05) is 41.4 Å². The minimum Gasteiger partial charge on any atom is -0.381 e. The summed E-state index contributed by atoms with van der Waals surface area (Å²) in [7, 11) is 0. The lowest BCUT2D eigenvalue weighted by molar-refractivity contribution is 0.0908. The van der Waals surface area contributed by atoms with Gasteiger partial charge in [-0.1, -0.05) is 5.92 Å². The van der Waals surface area contributed by atoms with Crippen LogP contribution in [0.5, 0.6) is 0 Å². The van der Waals surface area contributed by atoms with Crippen molar-refractivity contribution in [2.45, 2.75) is 31.8 Å². The van der Waals surface area contributed by atoms with Crippen molar-refractivity contribution in [3.05, 3.63) is 47.5 Å². The van der Waals surface area contributed by atoms with Gasteiger partial charge in [0.2, 0.25) is 5.82 Å². The number of nitrogens with one attached hydrogen (secondary N) is 3. The third-order valence-corrected chi connectivity index (χ3v) is 4.62. The van der Waals surface area contributed by atoms with Crippen LogP contribution in [0.3, 0.4) is 0 Å². The van der Waals surface area contributed by atoms with Crippen molar-refractivity contribution in [2.24, 2.45) is 0 Å². The molecule has 3 heterocycles. The molecule has 1 aliphatic rings. The smallest absolute Gasteiger partial charge is 0.270 e. The zero-order valence-corrected chi connectivity index (χ0v) is 15.2. The Morgan fingerprint density at radius 1 is 1.25 bits per heavy atom. The molecular formula is C19H18N8O. The van der Waals surface area contributed by atoms with E-state index < -0.39 is 0 Å². The summed E-state index contributed by atoms with van der Waals surface area (Å²) in [4.78, 5) is 20.7. The van der Waals surface area contributed by atoms with E-state index in [2.05, 4.69) is 47.1 Å². The molecule has 0 saturated heterocycles. The zero-order chi connectivity index (χ0) is 19.5. The van der Waals surface area contributed by atoms with Crippen LogP contribution in [0, 0.1) is 19.3 Å². The molecular weight excluding hydrogens is 356 g/mol. The summed E-state index contributed by atoms with van der Waals surface area (Å²) >= 11 is 0. The van der Waals surface area contributed by atoms with Crippen molar-refractivity contribution in [2.75, 3.05) is 5.32 Å². The number of amides is 1. The molecule has 1 amide bonds. The number of rotatable bonds is 5. The predicted octanol–water partition coefficient (Wildman–Crippen LogP) is 1.32. The van der Waals surface area contributed by atoms with E-state index in [-0.39, 0.29) is 18.0 Å². The van der Waals surface area contributed by atoms with Crippen LogP contribution in [0.15, 0.2) is 30.6 Å². The second-order valence-electron chi connectivity index (χ2n) is 6.67. The fraction of sp³-hybridized carbons (Fsp3) is 0.263. The van der Waals surface area contributed by atoms with E-state index in [9.17, 15) is 4.79 Å². The van der Waals surface area contributed by atoms with E-state index in [0.29, 0.717) is 17.1 Å². The molecule has 0 aromatic carbocycles. The van der Waals surface area contributed by atoms with Gasteiger partial charge in [-0.3, -0.25) is 9.78 Å². The number of hydrogen-bond donors (Lipinski definition) is 3. The van der Waals surface area contributed by atoms with Crippen molar-refractivity contribution in [1.82, 2.24) is 35.9 Å². The van der Waals surface area contributed by atoms with E-state index in [0.717, 1.165) is 29.8 Å². The van der Waals surface area contributed by atoms with Crippen LogP contribution in [0.4, 0.5) is 5.69 Å². The Bertz CT molecular complexity index is 1020. The second kappa shape index (κ2) is 7.44.